The third-order valence-corrected chi connectivity index (χ3v) is 1.57. The number of nitrogens with two attached hydrogens (primary N) is 1. The molecule has 0 spiro atoms. The summed E-state index contributed by atoms with van der Waals surface area (Å²) in [5.41, 5.74) is 5.42. The van der Waals surface area contributed by atoms with Crippen LogP contribution >= 0.6 is 0 Å². The van der Waals surface area contributed by atoms with Crippen molar-refractivity contribution in [2.24, 2.45) is 0 Å². The van der Waals surface area contributed by atoms with Crippen LogP contribution in [-0.2, 0) is 6.54 Å². The summed E-state index contributed by atoms with van der Waals surface area (Å²) in [5.74, 6) is 0.240. The highest BCUT2D eigenvalue weighted by Gasteiger charge is 2.03. The van der Waals surface area contributed by atoms with Crippen LogP contribution in [0.25, 0.3) is 0 Å². The molecule has 0 aliphatic rings. The molecule has 1 heterocycles. The Hall–Kier alpha value is -1.86. The van der Waals surface area contributed by atoms with Gasteiger partial charge in [0.25, 0.3) is 0 Å². The van der Waals surface area contributed by atoms with Gasteiger partial charge in [0.05, 0.1) is 6.54 Å². The fourth-order valence-corrected chi connectivity index (χ4v) is 0.798. The summed E-state index contributed by atoms with van der Waals surface area (Å²) in [7, 11) is 3.33. The molecule has 0 saturated carbocycles. The third kappa shape index (κ3) is 2.57. The average molecular weight is 199 g/mol. The first-order valence-electron chi connectivity index (χ1n) is 4.08. The molecular weight excluding hydrogens is 186 g/mol. The van der Waals surface area contributed by atoms with Crippen molar-refractivity contribution in [3.05, 3.63) is 0 Å². The standard InChI is InChI=1S/C6H13N7O/c1-12(2)6(14)8-3-4-13-5(7)9-10-11-13/h3-4H2,1-2H3,(H,8,14)(H2,7,9,11). The van der Waals surface area contributed by atoms with Crippen LogP contribution in [0.1, 0.15) is 0 Å². The lowest BCUT2D eigenvalue weighted by molar-refractivity contribution is 0.217. The number of nitrogens with one attached hydrogen (secondary N) is 1. The SMILES string of the molecule is CN(C)C(=O)NCCn1nnnc1N. The zero-order valence-electron chi connectivity index (χ0n) is 8.14. The number of hydrogen-bond acceptors (Lipinski definition) is 5. The molecule has 0 saturated heterocycles. The molecule has 8 heteroatoms. The Morgan fingerprint density at radius 3 is 2.86 bits per heavy atom. The summed E-state index contributed by atoms with van der Waals surface area (Å²) in [6.07, 6.45) is 0. The zero-order valence-corrected chi connectivity index (χ0v) is 8.14. The van der Waals surface area contributed by atoms with Crippen LogP contribution in [0.3, 0.4) is 0 Å². The van der Waals surface area contributed by atoms with Gasteiger partial charge in [0.1, 0.15) is 0 Å². The molecule has 1 rings (SSSR count). The van der Waals surface area contributed by atoms with Crippen LogP contribution in [0.15, 0.2) is 0 Å². The number of amides is 2. The van der Waals surface area contributed by atoms with Crippen molar-refractivity contribution < 1.29 is 4.79 Å². The van der Waals surface area contributed by atoms with E-state index in [9.17, 15) is 4.79 Å². The summed E-state index contributed by atoms with van der Waals surface area (Å²) in [5, 5.41) is 13.2. The van der Waals surface area contributed by atoms with E-state index in [0.717, 1.165) is 0 Å². The van der Waals surface area contributed by atoms with Gasteiger partial charge in [-0.05, 0) is 10.4 Å². The molecule has 0 unspecified atom stereocenters. The van der Waals surface area contributed by atoms with E-state index in [-0.39, 0.29) is 12.0 Å². The highest BCUT2D eigenvalue weighted by molar-refractivity contribution is 5.73. The van der Waals surface area contributed by atoms with Gasteiger partial charge in [-0.3, -0.25) is 0 Å². The molecule has 2 amide bonds. The summed E-state index contributed by atoms with van der Waals surface area (Å²) in [4.78, 5) is 12.5. The number of carbonyl (C=O) groups is 1. The molecule has 0 atom stereocenters. The maximum Gasteiger partial charge on any atom is 0.316 e. The first kappa shape index (κ1) is 10.2. The summed E-state index contributed by atoms with van der Waals surface area (Å²) >= 11 is 0. The highest BCUT2D eigenvalue weighted by atomic mass is 16.2. The van der Waals surface area contributed by atoms with Gasteiger partial charge in [-0.15, -0.1) is 0 Å². The molecule has 0 aliphatic heterocycles. The van der Waals surface area contributed by atoms with E-state index < -0.39 is 0 Å². The minimum Gasteiger partial charge on any atom is -0.367 e. The summed E-state index contributed by atoms with van der Waals surface area (Å²) in [6, 6.07) is -0.156. The molecule has 8 nitrogen and oxygen atoms in total. The van der Waals surface area contributed by atoms with Gasteiger partial charge in [0.2, 0.25) is 5.95 Å². The number of tetrazole rings is 1. The highest BCUT2D eigenvalue weighted by Crippen LogP contribution is 1.89. The van der Waals surface area contributed by atoms with Crippen molar-refractivity contribution in [1.82, 2.24) is 30.4 Å². The van der Waals surface area contributed by atoms with Gasteiger partial charge < -0.3 is 16.0 Å². The molecule has 0 fully saturated rings. The molecule has 0 aromatic carbocycles. The second-order valence-electron chi connectivity index (χ2n) is 2.89. The molecule has 78 valence electrons. The van der Waals surface area contributed by atoms with Gasteiger partial charge in [-0.2, -0.15) is 0 Å². The predicted molar refractivity (Wildman–Crippen MR) is 49.3 cm³/mol. The molecule has 3 N–H and O–H groups in total. The second-order valence-corrected chi connectivity index (χ2v) is 2.89. The molecule has 0 aliphatic carbocycles. The van der Waals surface area contributed by atoms with Crippen LogP contribution in [0.2, 0.25) is 0 Å². The van der Waals surface area contributed by atoms with Crippen molar-refractivity contribution in [2.45, 2.75) is 6.54 Å². The predicted octanol–water partition coefficient (Wildman–Crippen LogP) is -1.47. The van der Waals surface area contributed by atoms with Crippen LogP contribution in [0.4, 0.5) is 10.7 Å². The van der Waals surface area contributed by atoms with Gasteiger partial charge in [-0.1, -0.05) is 5.10 Å². The fourth-order valence-electron chi connectivity index (χ4n) is 0.798. The van der Waals surface area contributed by atoms with Crippen molar-refractivity contribution >= 4 is 12.0 Å². The van der Waals surface area contributed by atoms with Gasteiger partial charge in [0.15, 0.2) is 0 Å². The number of hydrogen-bond donors (Lipinski definition) is 2. The molecule has 1 aromatic heterocycles. The Bertz CT molecular complexity index is 307. The van der Waals surface area contributed by atoms with E-state index in [4.69, 9.17) is 5.73 Å². The van der Waals surface area contributed by atoms with Gasteiger partial charge in [0, 0.05) is 20.6 Å². The van der Waals surface area contributed by atoms with E-state index in [1.165, 1.54) is 9.58 Å². The van der Waals surface area contributed by atoms with E-state index in [0.29, 0.717) is 13.1 Å². The van der Waals surface area contributed by atoms with E-state index >= 15 is 0 Å². The summed E-state index contributed by atoms with van der Waals surface area (Å²) < 4.78 is 1.41. The molecular formula is C6H13N7O. The Balaban J connectivity index is 2.29. The molecule has 14 heavy (non-hydrogen) atoms. The number of aromatic nitrogens is 4. The van der Waals surface area contributed by atoms with Crippen molar-refractivity contribution in [3.8, 4) is 0 Å². The zero-order chi connectivity index (χ0) is 10.6. The monoisotopic (exact) mass is 199 g/mol. The smallest absolute Gasteiger partial charge is 0.316 e. The Kier molecular flexibility index (Phi) is 3.21. The minimum absolute atomic E-state index is 0.156. The first-order valence-corrected chi connectivity index (χ1v) is 4.08. The minimum atomic E-state index is -0.156. The Morgan fingerprint density at radius 1 is 1.64 bits per heavy atom. The van der Waals surface area contributed by atoms with Crippen molar-refractivity contribution in [3.63, 3.8) is 0 Å². The number of anilines is 1. The largest absolute Gasteiger partial charge is 0.367 e. The molecule has 0 radical (unpaired) electrons. The lowest BCUT2D eigenvalue weighted by Gasteiger charge is -2.11. The van der Waals surface area contributed by atoms with E-state index in [2.05, 4.69) is 20.8 Å². The van der Waals surface area contributed by atoms with E-state index in [1.807, 2.05) is 0 Å². The molecule has 1 aromatic rings. The maximum atomic E-state index is 11.1. The lowest BCUT2D eigenvalue weighted by atomic mass is 10.6. The Morgan fingerprint density at radius 2 is 2.36 bits per heavy atom. The topological polar surface area (TPSA) is 102 Å². The normalized spacial score (nSPS) is 9.86. The lowest BCUT2D eigenvalue weighted by Crippen LogP contribution is -2.36. The average Bonchev–Trinajstić information content (AvgIpc) is 2.51. The first-order chi connectivity index (χ1) is 6.61. The van der Waals surface area contributed by atoms with Crippen molar-refractivity contribution in [1.29, 1.82) is 0 Å². The number of urea groups is 1. The van der Waals surface area contributed by atoms with E-state index in [1.54, 1.807) is 14.1 Å². The van der Waals surface area contributed by atoms with Crippen LogP contribution in [0, 0.1) is 0 Å². The van der Waals surface area contributed by atoms with Crippen LogP contribution in [-0.4, -0.2) is 51.8 Å². The quantitative estimate of drug-likeness (QED) is 0.618. The fraction of sp³-hybridized carbons (Fsp3) is 0.667. The Labute approximate surface area is 81.1 Å². The van der Waals surface area contributed by atoms with Crippen molar-refractivity contribution in [2.75, 3.05) is 26.4 Å². The van der Waals surface area contributed by atoms with Gasteiger partial charge >= 0.3 is 6.03 Å². The number of nitrogen functional groups attached to an aromatic ring is 1. The number of rotatable bonds is 3. The number of nitrogens with zero attached hydrogens (tertiary/aromatic N) is 5. The maximum absolute atomic E-state index is 11.1. The van der Waals surface area contributed by atoms with Gasteiger partial charge in [-0.25, -0.2) is 9.48 Å². The second kappa shape index (κ2) is 4.40. The number of carbonyl (C=O) groups excluding carboxylic acids is 1. The van der Waals surface area contributed by atoms with Crippen LogP contribution < -0.4 is 11.1 Å². The third-order valence-electron chi connectivity index (χ3n) is 1.57. The van der Waals surface area contributed by atoms with Crippen LogP contribution in [0.5, 0.6) is 0 Å². The summed E-state index contributed by atoms with van der Waals surface area (Å²) in [6.45, 7) is 0.894. The molecule has 0 bridgehead atoms.